The first-order valence-corrected chi connectivity index (χ1v) is 13.2. The number of hydrogen-bond acceptors (Lipinski definition) is 5. The minimum atomic E-state index is -0.0930. The Hall–Kier alpha value is -3.51. The first kappa shape index (κ1) is 25.2. The van der Waals surface area contributed by atoms with Gasteiger partial charge in [0.2, 0.25) is 0 Å². The predicted octanol–water partition coefficient (Wildman–Crippen LogP) is 5.48. The van der Waals surface area contributed by atoms with Crippen LogP contribution in [0.4, 0.5) is 0 Å². The number of aryl methyl sites for hydroxylation is 2. The number of aromatic nitrogens is 3. The molecule has 0 spiro atoms. The van der Waals surface area contributed by atoms with Crippen molar-refractivity contribution >= 4 is 11.0 Å². The molecule has 3 heterocycles. The van der Waals surface area contributed by atoms with Crippen LogP contribution in [-0.2, 0) is 13.0 Å². The Morgan fingerprint density at radius 1 is 1.03 bits per heavy atom. The average Bonchev–Trinajstić information content (AvgIpc) is 2.89. The Morgan fingerprint density at radius 2 is 1.78 bits per heavy atom. The van der Waals surface area contributed by atoms with E-state index in [1.807, 2.05) is 24.3 Å². The number of fused-ring (bicyclic) bond motifs is 1. The van der Waals surface area contributed by atoms with Gasteiger partial charge in [-0.2, -0.15) is 0 Å². The van der Waals surface area contributed by atoms with Crippen molar-refractivity contribution in [1.29, 1.82) is 0 Å². The molecule has 1 saturated heterocycles. The Labute approximate surface area is 219 Å². The molecule has 6 nitrogen and oxygen atoms in total. The molecule has 0 aliphatic carbocycles. The van der Waals surface area contributed by atoms with E-state index < -0.39 is 0 Å². The molecule has 2 aromatic heterocycles. The second-order valence-electron chi connectivity index (χ2n) is 10.4. The predicted molar refractivity (Wildman–Crippen MR) is 148 cm³/mol. The number of hydrogen-bond donors (Lipinski definition) is 0. The van der Waals surface area contributed by atoms with Gasteiger partial charge in [0.05, 0.1) is 30.9 Å². The van der Waals surface area contributed by atoms with Crippen molar-refractivity contribution in [2.45, 2.75) is 52.6 Å². The minimum absolute atomic E-state index is 0.0930. The van der Waals surface area contributed by atoms with Crippen molar-refractivity contribution in [1.82, 2.24) is 19.4 Å². The number of likely N-dealkylation sites (tertiary alicyclic amines) is 1. The van der Waals surface area contributed by atoms with E-state index in [0.29, 0.717) is 12.5 Å². The summed E-state index contributed by atoms with van der Waals surface area (Å²) >= 11 is 0. The van der Waals surface area contributed by atoms with Crippen LogP contribution in [-0.4, -0.2) is 39.6 Å². The number of pyridine rings is 1. The van der Waals surface area contributed by atoms with Crippen molar-refractivity contribution in [3.8, 4) is 5.75 Å². The fourth-order valence-electron chi connectivity index (χ4n) is 5.72. The van der Waals surface area contributed by atoms with Crippen LogP contribution in [0.5, 0.6) is 5.75 Å². The van der Waals surface area contributed by atoms with E-state index in [1.165, 1.54) is 30.2 Å². The molecule has 4 aromatic rings. The molecule has 1 aliphatic rings. The smallest absolute Gasteiger partial charge is 0.269 e. The summed E-state index contributed by atoms with van der Waals surface area (Å²) in [5.41, 5.74) is 7.51. The molecule has 1 aliphatic heterocycles. The van der Waals surface area contributed by atoms with Gasteiger partial charge in [-0.3, -0.25) is 14.7 Å². The number of benzene rings is 2. The number of ether oxygens (including phenoxy) is 1. The average molecular weight is 497 g/mol. The van der Waals surface area contributed by atoms with Crippen LogP contribution >= 0.6 is 0 Å². The fourth-order valence-corrected chi connectivity index (χ4v) is 5.72. The van der Waals surface area contributed by atoms with Crippen LogP contribution in [0.25, 0.3) is 11.0 Å². The molecule has 192 valence electrons. The summed E-state index contributed by atoms with van der Waals surface area (Å²) < 4.78 is 7.06. The summed E-state index contributed by atoms with van der Waals surface area (Å²) in [6, 6.07) is 19.0. The Bertz CT molecular complexity index is 1420. The third kappa shape index (κ3) is 5.75. The third-order valence-electron chi connectivity index (χ3n) is 7.62. The second kappa shape index (κ2) is 10.9. The molecule has 1 unspecified atom stereocenters. The molecule has 0 radical (unpaired) electrons. The molecule has 0 N–H and O–H groups in total. The van der Waals surface area contributed by atoms with Gasteiger partial charge in [0.25, 0.3) is 5.56 Å². The van der Waals surface area contributed by atoms with E-state index in [1.54, 1.807) is 11.7 Å². The lowest BCUT2D eigenvalue weighted by Crippen LogP contribution is -2.38. The van der Waals surface area contributed by atoms with Crippen LogP contribution < -0.4 is 10.3 Å². The van der Waals surface area contributed by atoms with Crippen molar-refractivity contribution in [2.75, 3.05) is 20.2 Å². The number of methoxy groups -OCH3 is 1. The van der Waals surface area contributed by atoms with Crippen LogP contribution in [0.15, 0.2) is 65.6 Å². The molecule has 6 heteroatoms. The van der Waals surface area contributed by atoms with Gasteiger partial charge < -0.3 is 9.30 Å². The van der Waals surface area contributed by atoms with Crippen molar-refractivity contribution in [2.24, 2.45) is 5.92 Å². The minimum Gasteiger partial charge on any atom is -0.497 e. The first-order chi connectivity index (χ1) is 17.9. The van der Waals surface area contributed by atoms with Crippen molar-refractivity contribution in [3.05, 3.63) is 99.2 Å². The van der Waals surface area contributed by atoms with E-state index in [2.05, 4.69) is 66.0 Å². The quantitative estimate of drug-likeness (QED) is 0.339. The van der Waals surface area contributed by atoms with Crippen LogP contribution in [0.3, 0.4) is 0 Å². The summed E-state index contributed by atoms with van der Waals surface area (Å²) in [6.07, 6.45) is 5.02. The molecular formula is C31H36N4O2. The summed E-state index contributed by atoms with van der Waals surface area (Å²) in [6.45, 7) is 9.14. The molecule has 1 fully saturated rings. The van der Waals surface area contributed by atoms with Crippen LogP contribution in [0.2, 0.25) is 0 Å². The van der Waals surface area contributed by atoms with Crippen molar-refractivity contribution in [3.63, 3.8) is 0 Å². The van der Waals surface area contributed by atoms with Gasteiger partial charge in [-0.1, -0.05) is 18.2 Å². The largest absolute Gasteiger partial charge is 0.497 e. The van der Waals surface area contributed by atoms with E-state index in [4.69, 9.17) is 4.74 Å². The van der Waals surface area contributed by atoms with Gasteiger partial charge in [0.1, 0.15) is 5.75 Å². The third-order valence-corrected chi connectivity index (χ3v) is 7.62. The summed E-state index contributed by atoms with van der Waals surface area (Å²) in [7, 11) is 1.65. The van der Waals surface area contributed by atoms with E-state index in [-0.39, 0.29) is 11.6 Å². The highest BCUT2D eigenvalue weighted by atomic mass is 16.5. The molecule has 0 amide bonds. The SMILES string of the molecule is COc1ccc(Cn2c(=O)cnc3cc(C(C)N4CCC[C@H](Cc5cc(C)nc(C)c5)C4)ccc32)cc1. The zero-order chi connectivity index (χ0) is 25.9. The maximum atomic E-state index is 12.7. The lowest BCUT2D eigenvalue weighted by atomic mass is 9.89. The van der Waals surface area contributed by atoms with Gasteiger partial charge >= 0.3 is 0 Å². The number of piperidine rings is 1. The molecule has 0 saturated carbocycles. The maximum absolute atomic E-state index is 12.7. The zero-order valence-corrected chi connectivity index (χ0v) is 22.3. The van der Waals surface area contributed by atoms with Gasteiger partial charge in [-0.05, 0) is 106 Å². The summed E-state index contributed by atoms with van der Waals surface area (Å²) in [5.74, 6) is 1.45. The highest BCUT2D eigenvalue weighted by Crippen LogP contribution is 2.30. The molecule has 2 aromatic carbocycles. The number of rotatable bonds is 7. The van der Waals surface area contributed by atoms with Crippen LogP contribution in [0.1, 0.15) is 53.9 Å². The fraction of sp³-hybridized carbons (Fsp3) is 0.387. The standard InChI is InChI=1S/C31H36N4O2/c1-21-14-26(15-22(2)33-21)16-25-6-5-13-34(19-25)23(3)27-9-12-30-29(17-27)32-18-31(36)35(30)20-24-7-10-28(37-4)11-8-24/h7-12,14-15,17-18,23,25H,5-6,13,16,19-20H2,1-4H3/t23?,25-/m1/s1. The Balaban J connectivity index is 1.34. The van der Waals surface area contributed by atoms with E-state index in [0.717, 1.165) is 53.2 Å². The second-order valence-corrected chi connectivity index (χ2v) is 10.4. The van der Waals surface area contributed by atoms with E-state index in [9.17, 15) is 4.79 Å². The molecule has 37 heavy (non-hydrogen) atoms. The summed E-state index contributed by atoms with van der Waals surface area (Å²) in [5, 5.41) is 0. The highest BCUT2D eigenvalue weighted by molar-refractivity contribution is 5.75. The van der Waals surface area contributed by atoms with Gasteiger partial charge in [-0.25, -0.2) is 4.98 Å². The topological polar surface area (TPSA) is 60.3 Å². The molecule has 2 atom stereocenters. The Morgan fingerprint density at radius 3 is 2.51 bits per heavy atom. The normalized spacial score (nSPS) is 17.1. The zero-order valence-electron chi connectivity index (χ0n) is 22.3. The van der Waals surface area contributed by atoms with Gasteiger partial charge in [0, 0.05) is 24.0 Å². The molecule has 5 rings (SSSR count). The van der Waals surface area contributed by atoms with Crippen LogP contribution in [0, 0.1) is 19.8 Å². The lowest BCUT2D eigenvalue weighted by Gasteiger charge is -2.37. The van der Waals surface area contributed by atoms with Gasteiger partial charge in [0.15, 0.2) is 0 Å². The summed E-state index contributed by atoms with van der Waals surface area (Å²) in [4.78, 5) is 24.4. The Kier molecular flexibility index (Phi) is 7.38. The van der Waals surface area contributed by atoms with Gasteiger partial charge in [-0.15, -0.1) is 0 Å². The number of nitrogens with zero attached hydrogens (tertiary/aromatic N) is 4. The highest BCUT2D eigenvalue weighted by Gasteiger charge is 2.25. The lowest BCUT2D eigenvalue weighted by molar-refractivity contribution is 0.131. The molecule has 0 bridgehead atoms. The maximum Gasteiger partial charge on any atom is 0.269 e. The molecular weight excluding hydrogens is 460 g/mol. The first-order valence-electron chi connectivity index (χ1n) is 13.2. The monoisotopic (exact) mass is 496 g/mol. The van der Waals surface area contributed by atoms with E-state index >= 15 is 0 Å². The van der Waals surface area contributed by atoms with Crippen molar-refractivity contribution < 1.29 is 4.74 Å².